The number of piperidine rings is 1. The number of benzene rings is 2. The lowest BCUT2D eigenvalue weighted by atomic mass is 10.0. The minimum Gasteiger partial charge on any atom is -0.467 e. The minimum absolute atomic E-state index is 0.204. The maximum absolute atomic E-state index is 13.7. The molecule has 0 aliphatic carbocycles. The largest absolute Gasteiger partial charge is 0.467 e. The van der Waals surface area contributed by atoms with E-state index < -0.39 is 10.0 Å². The topological polar surface area (TPSA) is 83.7 Å². The summed E-state index contributed by atoms with van der Waals surface area (Å²) in [6, 6.07) is 15.8. The van der Waals surface area contributed by atoms with Crippen molar-refractivity contribution in [3.05, 3.63) is 72.2 Å². The smallest absolute Gasteiger partial charge is 0.260 e. The lowest BCUT2D eigenvalue weighted by Crippen LogP contribution is -2.37. The van der Waals surface area contributed by atoms with Crippen molar-refractivity contribution in [1.82, 2.24) is 9.29 Å². The Morgan fingerprint density at radius 1 is 1.14 bits per heavy atom. The third-order valence-corrected chi connectivity index (χ3v) is 10.2. The van der Waals surface area contributed by atoms with Crippen LogP contribution in [0.1, 0.15) is 35.9 Å². The molecule has 1 aliphatic heterocycles. The van der Waals surface area contributed by atoms with E-state index in [2.05, 4.69) is 6.92 Å². The Labute approximate surface area is 219 Å². The van der Waals surface area contributed by atoms with E-state index in [1.807, 2.05) is 30.5 Å². The number of amides is 1. The second-order valence-corrected chi connectivity index (χ2v) is 12.7. The molecule has 2 aromatic carbocycles. The van der Waals surface area contributed by atoms with E-state index in [0.29, 0.717) is 35.5 Å². The van der Waals surface area contributed by atoms with Crippen LogP contribution >= 0.6 is 23.1 Å². The van der Waals surface area contributed by atoms with Crippen LogP contribution in [0.4, 0.5) is 5.13 Å². The van der Waals surface area contributed by atoms with Crippen molar-refractivity contribution < 1.29 is 17.6 Å². The van der Waals surface area contributed by atoms with E-state index in [4.69, 9.17) is 9.40 Å². The van der Waals surface area contributed by atoms with Crippen molar-refractivity contribution in [2.24, 2.45) is 5.92 Å². The predicted molar refractivity (Wildman–Crippen MR) is 144 cm³/mol. The molecule has 1 saturated heterocycles. The van der Waals surface area contributed by atoms with E-state index in [1.54, 1.807) is 41.1 Å². The lowest BCUT2D eigenvalue weighted by molar-refractivity contribution is 0.0983. The van der Waals surface area contributed by atoms with Gasteiger partial charge in [-0.1, -0.05) is 24.3 Å². The van der Waals surface area contributed by atoms with Crippen LogP contribution in [0.15, 0.2) is 75.1 Å². The third-order valence-electron chi connectivity index (χ3n) is 6.44. The van der Waals surface area contributed by atoms with Gasteiger partial charge in [0.25, 0.3) is 5.91 Å². The zero-order valence-corrected chi connectivity index (χ0v) is 22.5. The number of carbonyl (C=O) groups is 1. The first-order valence-corrected chi connectivity index (χ1v) is 15.2. The summed E-state index contributed by atoms with van der Waals surface area (Å²) < 4.78 is 34.3. The van der Waals surface area contributed by atoms with Crippen LogP contribution in [0.25, 0.3) is 10.2 Å². The van der Waals surface area contributed by atoms with E-state index in [1.165, 1.54) is 27.8 Å². The molecule has 1 fully saturated rings. The van der Waals surface area contributed by atoms with Crippen LogP contribution < -0.4 is 4.90 Å². The summed E-state index contributed by atoms with van der Waals surface area (Å²) in [6.07, 6.45) is 5.29. The molecule has 188 valence electrons. The first-order chi connectivity index (χ1) is 17.4. The number of hydrogen-bond acceptors (Lipinski definition) is 7. The Bertz CT molecular complexity index is 1460. The van der Waals surface area contributed by atoms with Gasteiger partial charge in [0, 0.05) is 23.5 Å². The first-order valence-electron chi connectivity index (χ1n) is 11.7. The van der Waals surface area contributed by atoms with Gasteiger partial charge in [-0.3, -0.25) is 9.69 Å². The number of fused-ring (bicyclic) bond motifs is 1. The average Bonchev–Trinajstić information content (AvgIpc) is 3.57. The van der Waals surface area contributed by atoms with Crippen LogP contribution in [0.2, 0.25) is 0 Å². The molecule has 0 unspecified atom stereocenters. The fourth-order valence-corrected chi connectivity index (χ4v) is 7.36. The SMILES string of the molecule is CSc1cccc2sc(N(Cc3ccco3)C(=O)c3ccc(S(=O)(=O)N4CCC(C)CC4)cc3)nc12. The number of para-hydroxylation sites is 1. The van der Waals surface area contributed by atoms with Gasteiger partial charge in [0.15, 0.2) is 5.13 Å². The van der Waals surface area contributed by atoms with Gasteiger partial charge in [0.05, 0.1) is 27.9 Å². The zero-order valence-electron chi connectivity index (χ0n) is 20.1. The summed E-state index contributed by atoms with van der Waals surface area (Å²) in [5.41, 5.74) is 1.25. The monoisotopic (exact) mass is 541 g/mol. The van der Waals surface area contributed by atoms with Gasteiger partial charge < -0.3 is 4.42 Å². The van der Waals surface area contributed by atoms with Crippen molar-refractivity contribution >= 4 is 54.4 Å². The number of hydrogen-bond donors (Lipinski definition) is 0. The number of aromatic nitrogens is 1. The normalized spacial score (nSPS) is 15.4. The highest BCUT2D eigenvalue weighted by Gasteiger charge is 2.29. The summed E-state index contributed by atoms with van der Waals surface area (Å²) >= 11 is 3.05. The zero-order chi connectivity index (χ0) is 25.3. The number of furan rings is 1. The van der Waals surface area contributed by atoms with Crippen LogP contribution in [-0.2, 0) is 16.6 Å². The van der Waals surface area contributed by atoms with Crippen LogP contribution in [-0.4, -0.2) is 43.0 Å². The quantitative estimate of drug-likeness (QED) is 0.272. The number of thiazole rings is 1. The molecule has 5 rings (SSSR count). The number of anilines is 1. The van der Waals surface area contributed by atoms with Gasteiger partial charge in [-0.15, -0.1) is 11.8 Å². The van der Waals surface area contributed by atoms with E-state index in [-0.39, 0.29) is 17.3 Å². The molecule has 0 atom stereocenters. The lowest BCUT2D eigenvalue weighted by Gasteiger charge is -2.29. The van der Waals surface area contributed by atoms with Crippen molar-refractivity contribution in [3.63, 3.8) is 0 Å². The Morgan fingerprint density at radius 3 is 2.56 bits per heavy atom. The summed E-state index contributed by atoms with van der Waals surface area (Å²) in [4.78, 5) is 21.3. The summed E-state index contributed by atoms with van der Waals surface area (Å²) in [7, 11) is -3.59. The Balaban J connectivity index is 1.45. The van der Waals surface area contributed by atoms with E-state index in [9.17, 15) is 13.2 Å². The number of sulfonamides is 1. The van der Waals surface area contributed by atoms with E-state index in [0.717, 1.165) is 28.0 Å². The maximum Gasteiger partial charge on any atom is 0.260 e. The second kappa shape index (κ2) is 10.4. The summed E-state index contributed by atoms with van der Waals surface area (Å²) in [5.74, 6) is 0.893. The molecule has 36 heavy (non-hydrogen) atoms. The molecule has 1 aliphatic rings. The highest BCUT2D eigenvalue weighted by atomic mass is 32.2. The minimum atomic E-state index is -3.59. The fraction of sp³-hybridized carbons (Fsp3) is 0.308. The number of thioether (sulfide) groups is 1. The van der Waals surface area contributed by atoms with Gasteiger partial charge in [0.2, 0.25) is 10.0 Å². The Kier molecular flexibility index (Phi) is 7.21. The molecule has 2 aromatic heterocycles. The maximum atomic E-state index is 13.7. The summed E-state index contributed by atoms with van der Waals surface area (Å²) in [5, 5.41) is 0.562. The standard InChI is InChI=1S/C26H27N3O4S3/c1-18-12-14-28(15-13-18)36(31,32)21-10-8-19(9-11-21)25(30)29(17-20-5-4-16-33-20)26-27-24-22(34-2)6-3-7-23(24)35-26/h3-11,16,18H,12-15,17H2,1-2H3. The van der Waals surface area contributed by atoms with Crippen molar-refractivity contribution in [2.75, 3.05) is 24.2 Å². The first kappa shape index (κ1) is 25.0. The third kappa shape index (κ3) is 4.95. The molecule has 3 heterocycles. The molecule has 0 bridgehead atoms. The Hall–Kier alpha value is -2.66. The number of carbonyl (C=O) groups excluding carboxylic acids is 1. The van der Waals surface area contributed by atoms with Crippen molar-refractivity contribution in [2.45, 2.75) is 36.1 Å². The molecule has 10 heteroatoms. The van der Waals surface area contributed by atoms with Crippen molar-refractivity contribution in [1.29, 1.82) is 0 Å². The predicted octanol–water partition coefficient (Wildman–Crippen LogP) is 5.88. The van der Waals surface area contributed by atoms with Gasteiger partial charge in [-0.05, 0) is 73.5 Å². The highest BCUT2D eigenvalue weighted by Crippen LogP contribution is 2.35. The van der Waals surface area contributed by atoms with Gasteiger partial charge in [0.1, 0.15) is 5.76 Å². The fourth-order valence-electron chi connectivity index (χ4n) is 4.28. The number of rotatable bonds is 7. The number of nitrogens with zero attached hydrogens (tertiary/aromatic N) is 3. The molecule has 7 nitrogen and oxygen atoms in total. The second-order valence-electron chi connectivity index (χ2n) is 8.89. The van der Waals surface area contributed by atoms with Gasteiger partial charge >= 0.3 is 0 Å². The molecular formula is C26H27N3O4S3. The molecule has 0 N–H and O–H groups in total. The van der Waals surface area contributed by atoms with Crippen molar-refractivity contribution in [3.8, 4) is 0 Å². The molecule has 0 spiro atoms. The average molecular weight is 542 g/mol. The molecule has 0 saturated carbocycles. The molecule has 0 radical (unpaired) electrons. The van der Waals surface area contributed by atoms with E-state index >= 15 is 0 Å². The van der Waals surface area contributed by atoms with Gasteiger partial charge in [-0.2, -0.15) is 4.31 Å². The summed E-state index contributed by atoms with van der Waals surface area (Å²) in [6.45, 7) is 3.41. The van der Waals surface area contributed by atoms with Gasteiger partial charge in [-0.25, -0.2) is 13.4 Å². The Morgan fingerprint density at radius 2 is 1.89 bits per heavy atom. The van der Waals surface area contributed by atoms with Crippen LogP contribution in [0.3, 0.4) is 0 Å². The molecule has 4 aromatic rings. The van der Waals surface area contributed by atoms with Crippen LogP contribution in [0.5, 0.6) is 0 Å². The van der Waals surface area contributed by atoms with Crippen LogP contribution in [0, 0.1) is 5.92 Å². The molecular weight excluding hydrogens is 515 g/mol. The molecule has 1 amide bonds. The highest BCUT2D eigenvalue weighted by molar-refractivity contribution is 7.98.